The summed E-state index contributed by atoms with van der Waals surface area (Å²) < 4.78 is 15.7. The van der Waals surface area contributed by atoms with Crippen LogP contribution in [0.25, 0.3) is 11.8 Å². The van der Waals surface area contributed by atoms with Crippen LogP contribution in [0.4, 0.5) is 15.9 Å². The van der Waals surface area contributed by atoms with Gasteiger partial charge in [0.1, 0.15) is 11.5 Å². The van der Waals surface area contributed by atoms with E-state index in [1.165, 1.54) is 77.8 Å². The number of hydrogen-bond donors (Lipinski definition) is 1. The molecule has 0 aliphatic heterocycles. The van der Waals surface area contributed by atoms with Crippen LogP contribution in [0.15, 0.2) is 84.2 Å². The summed E-state index contributed by atoms with van der Waals surface area (Å²) in [6, 6.07) is 14.1. The number of non-ortho nitro benzene ring substituents is 1. The number of aromatic nitrogens is 4. The molecule has 4 aromatic rings. The van der Waals surface area contributed by atoms with Crippen molar-refractivity contribution in [3.8, 4) is 0 Å². The largest absolute Gasteiger partial charge is 0.304 e. The summed E-state index contributed by atoms with van der Waals surface area (Å²) in [6.45, 7) is 0.0841. The van der Waals surface area contributed by atoms with Crippen molar-refractivity contribution < 1.29 is 14.1 Å². The lowest BCUT2D eigenvalue weighted by molar-refractivity contribution is -0.384. The van der Waals surface area contributed by atoms with Crippen LogP contribution in [0.1, 0.15) is 11.1 Å². The maximum Gasteiger partial charge on any atom is 0.273 e. The van der Waals surface area contributed by atoms with E-state index in [2.05, 4.69) is 15.4 Å². The Bertz CT molecular complexity index is 1430. The number of benzene rings is 2. The molecule has 0 spiro atoms. The first-order chi connectivity index (χ1) is 16.4. The number of nitro benzene ring substituents is 1. The first kappa shape index (κ1) is 22.3. The Morgan fingerprint density at radius 1 is 1.15 bits per heavy atom. The second-order valence-corrected chi connectivity index (χ2v) is 7.15. The first-order valence-corrected chi connectivity index (χ1v) is 9.97. The smallest absolute Gasteiger partial charge is 0.273 e. The third kappa shape index (κ3) is 5.27. The third-order valence-corrected chi connectivity index (χ3v) is 4.75. The van der Waals surface area contributed by atoms with Crippen molar-refractivity contribution in [1.29, 1.82) is 0 Å². The number of halogens is 1. The predicted octanol–water partition coefficient (Wildman–Crippen LogP) is 3.17. The van der Waals surface area contributed by atoms with E-state index in [1.54, 1.807) is 12.3 Å². The van der Waals surface area contributed by atoms with Crippen LogP contribution >= 0.6 is 0 Å². The van der Waals surface area contributed by atoms with E-state index in [0.717, 1.165) is 4.68 Å². The lowest BCUT2D eigenvalue weighted by Gasteiger charge is -2.11. The number of carbonyl (C=O) groups is 1. The van der Waals surface area contributed by atoms with Gasteiger partial charge in [-0.3, -0.25) is 19.7 Å². The molecule has 1 N–H and O–H groups in total. The minimum Gasteiger partial charge on any atom is -0.304 e. The number of carbonyl (C=O) groups excluding carboxylic acids is 1. The maximum absolute atomic E-state index is 13.1. The van der Waals surface area contributed by atoms with Gasteiger partial charge in [-0.1, -0.05) is 24.3 Å². The van der Waals surface area contributed by atoms with Gasteiger partial charge in [0, 0.05) is 30.6 Å². The molecule has 0 aliphatic rings. The Morgan fingerprint density at radius 2 is 1.94 bits per heavy atom. The SMILES string of the molecule is O=C(Nc1ccc(=O)n(Cc2ccc(F)cc2)n1)/C(=C/c1cccc([N+](=O)[O-])c1)n1ccnc1. The molecule has 2 aromatic heterocycles. The Morgan fingerprint density at radius 3 is 2.65 bits per heavy atom. The average molecular weight is 460 g/mol. The number of nitro groups is 1. The van der Waals surface area contributed by atoms with E-state index in [9.17, 15) is 24.1 Å². The van der Waals surface area contributed by atoms with Gasteiger partial charge in [0.15, 0.2) is 5.82 Å². The first-order valence-electron chi connectivity index (χ1n) is 9.97. The van der Waals surface area contributed by atoms with E-state index in [1.807, 2.05) is 0 Å². The van der Waals surface area contributed by atoms with Crippen molar-refractivity contribution in [2.45, 2.75) is 6.54 Å². The summed E-state index contributed by atoms with van der Waals surface area (Å²) in [5, 5.41) is 17.9. The highest BCUT2D eigenvalue weighted by Gasteiger charge is 2.15. The Labute approximate surface area is 191 Å². The van der Waals surface area contributed by atoms with Crippen molar-refractivity contribution in [1.82, 2.24) is 19.3 Å². The van der Waals surface area contributed by atoms with E-state index < -0.39 is 22.2 Å². The Balaban J connectivity index is 1.62. The molecule has 0 bridgehead atoms. The quantitative estimate of drug-likeness (QED) is 0.257. The molecule has 0 saturated heterocycles. The maximum atomic E-state index is 13.1. The molecule has 2 aromatic carbocycles. The highest BCUT2D eigenvalue weighted by molar-refractivity contribution is 6.24. The van der Waals surface area contributed by atoms with Gasteiger partial charge in [0.25, 0.3) is 17.2 Å². The molecule has 34 heavy (non-hydrogen) atoms. The summed E-state index contributed by atoms with van der Waals surface area (Å²) in [4.78, 5) is 39.8. The fraction of sp³-hybridized carbons (Fsp3) is 0.0435. The van der Waals surface area contributed by atoms with Gasteiger partial charge in [0.2, 0.25) is 0 Å². The molecular weight excluding hydrogens is 443 g/mol. The van der Waals surface area contributed by atoms with E-state index in [4.69, 9.17) is 0 Å². The zero-order valence-corrected chi connectivity index (χ0v) is 17.5. The van der Waals surface area contributed by atoms with Crippen LogP contribution < -0.4 is 10.9 Å². The number of anilines is 1. The third-order valence-electron chi connectivity index (χ3n) is 4.75. The van der Waals surface area contributed by atoms with Gasteiger partial charge >= 0.3 is 0 Å². The molecule has 2 heterocycles. The van der Waals surface area contributed by atoms with Crippen LogP contribution in [0, 0.1) is 15.9 Å². The molecule has 0 saturated carbocycles. The fourth-order valence-corrected chi connectivity index (χ4v) is 3.12. The Hall–Kier alpha value is -4.93. The molecule has 10 nitrogen and oxygen atoms in total. The monoisotopic (exact) mass is 460 g/mol. The molecule has 0 atom stereocenters. The van der Waals surface area contributed by atoms with Crippen molar-refractivity contribution in [2.24, 2.45) is 0 Å². The highest BCUT2D eigenvalue weighted by Crippen LogP contribution is 2.18. The minimum absolute atomic E-state index is 0.0841. The van der Waals surface area contributed by atoms with Gasteiger partial charge in [-0.2, -0.15) is 5.10 Å². The summed E-state index contributed by atoms with van der Waals surface area (Å²) in [7, 11) is 0. The van der Waals surface area contributed by atoms with Crippen LogP contribution in [0.3, 0.4) is 0 Å². The number of nitrogens with zero attached hydrogens (tertiary/aromatic N) is 5. The average Bonchev–Trinajstić information content (AvgIpc) is 3.36. The van der Waals surface area contributed by atoms with E-state index in [-0.39, 0.29) is 23.7 Å². The molecule has 0 aliphatic carbocycles. The van der Waals surface area contributed by atoms with Crippen LogP contribution in [-0.4, -0.2) is 30.2 Å². The molecule has 0 radical (unpaired) electrons. The van der Waals surface area contributed by atoms with Crippen molar-refractivity contribution in [3.63, 3.8) is 0 Å². The summed E-state index contributed by atoms with van der Waals surface area (Å²) in [5.74, 6) is -0.867. The van der Waals surface area contributed by atoms with Gasteiger partial charge in [-0.15, -0.1) is 0 Å². The fourth-order valence-electron chi connectivity index (χ4n) is 3.12. The number of rotatable bonds is 7. The molecule has 0 unspecified atom stereocenters. The summed E-state index contributed by atoms with van der Waals surface area (Å²) in [6.07, 6.45) is 5.91. The highest BCUT2D eigenvalue weighted by atomic mass is 19.1. The van der Waals surface area contributed by atoms with Crippen LogP contribution in [0.2, 0.25) is 0 Å². The number of nitrogens with one attached hydrogen (secondary N) is 1. The minimum atomic E-state index is -0.580. The lowest BCUT2D eigenvalue weighted by Crippen LogP contribution is -2.25. The predicted molar refractivity (Wildman–Crippen MR) is 122 cm³/mol. The molecule has 1 amide bonds. The van der Waals surface area contributed by atoms with Gasteiger partial charge in [-0.25, -0.2) is 14.1 Å². The lowest BCUT2D eigenvalue weighted by atomic mass is 10.1. The standard InChI is InChI=1S/C23H17FN6O4/c24-18-6-4-16(5-7-18)14-29-22(31)9-8-21(27-29)26-23(32)20(28-11-10-25-15-28)13-17-2-1-3-19(12-17)30(33)34/h1-13,15H,14H2,(H,26,27,32)/b20-13-. The van der Waals surface area contributed by atoms with Gasteiger partial charge < -0.3 is 9.88 Å². The number of hydrogen-bond acceptors (Lipinski definition) is 6. The Kier molecular flexibility index (Phi) is 6.35. The molecular formula is C23H17FN6O4. The van der Waals surface area contributed by atoms with Crippen molar-refractivity contribution in [2.75, 3.05) is 5.32 Å². The topological polar surface area (TPSA) is 125 Å². The van der Waals surface area contributed by atoms with E-state index in [0.29, 0.717) is 11.1 Å². The molecule has 4 rings (SSSR count). The normalized spacial score (nSPS) is 11.3. The summed E-state index contributed by atoms with van der Waals surface area (Å²) >= 11 is 0. The van der Waals surface area contributed by atoms with Gasteiger partial charge in [0.05, 0.1) is 17.8 Å². The molecule has 11 heteroatoms. The van der Waals surface area contributed by atoms with Crippen LogP contribution in [-0.2, 0) is 11.3 Å². The van der Waals surface area contributed by atoms with Crippen molar-refractivity contribution >= 4 is 29.2 Å². The summed E-state index contributed by atoms with van der Waals surface area (Å²) in [5.41, 5.74) is 0.695. The zero-order chi connectivity index (χ0) is 24.1. The van der Waals surface area contributed by atoms with Crippen molar-refractivity contribution in [3.05, 3.63) is 117 Å². The van der Waals surface area contributed by atoms with Gasteiger partial charge in [-0.05, 0) is 35.4 Å². The second kappa shape index (κ2) is 9.69. The zero-order valence-electron chi connectivity index (χ0n) is 17.5. The number of amides is 1. The number of imidazole rings is 1. The second-order valence-electron chi connectivity index (χ2n) is 7.15. The van der Waals surface area contributed by atoms with Crippen LogP contribution in [0.5, 0.6) is 0 Å². The molecule has 0 fully saturated rings. The molecule has 170 valence electrons. The van der Waals surface area contributed by atoms with E-state index >= 15 is 0 Å².